The molecule has 5 nitrogen and oxygen atoms in total. The Bertz CT molecular complexity index is 252. The summed E-state index contributed by atoms with van der Waals surface area (Å²) in [5, 5.41) is 5.80. The molecule has 0 unspecified atom stereocenters. The van der Waals surface area contributed by atoms with Crippen LogP contribution >= 0.6 is 0 Å². The second kappa shape index (κ2) is 4.61. The maximum atomic E-state index is 11.7. The number of carbonyl (C=O) groups is 2. The first-order valence-corrected chi connectivity index (χ1v) is 5.22. The Morgan fingerprint density at radius 2 is 1.73 bits per heavy atom. The van der Waals surface area contributed by atoms with E-state index in [1.165, 1.54) is 0 Å². The highest BCUT2D eigenvalue weighted by Gasteiger charge is 2.25. The van der Waals surface area contributed by atoms with Gasteiger partial charge in [0.05, 0.1) is 0 Å². The third-order valence-electron chi connectivity index (χ3n) is 2.09. The number of carbonyl (C=O) groups excluding carboxylic acids is 2. The van der Waals surface area contributed by atoms with Crippen molar-refractivity contribution in [2.24, 2.45) is 0 Å². The van der Waals surface area contributed by atoms with Crippen LogP contribution in [-0.2, 0) is 9.59 Å². The molecule has 1 fully saturated rings. The Labute approximate surface area is 90.2 Å². The first-order chi connectivity index (χ1) is 6.90. The molecule has 0 aliphatic carbocycles. The molecule has 0 aromatic heterocycles. The molecule has 0 radical (unpaired) electrons. The largest absolute Gasteiger partial charge is 0.343 e. The second-order valence-electron chi connectivity index (χ2n) is 4.75. The number of hydrogen-bond acceptors (Lipinski definition) is 3. The van der Waals surface area contributed by atoms with Crippen molar-refractivity contribution >= 4 is 11.8 Å². The van der Waals surface area contributed by atoms with E-state index in [-0.39, 0.29) is 5.54 Å². The first-order valence-electron chi connectivity index (χ1n) is 5.22. The van der Waals surface area contributed by atoms with E-state index < -0.39 is 11.8 Å². The Balaban J connectivity index is 2.48. The Morgan fingerprint density at radius 1 is 1.20 bits per heavy atom. The van der Waals surface area contributed by atoms with Crippen LogP contribution in [0, 0.1) is 0 Å². The van der Waals surface area contributed by atoms with Gasteiger partial charge in [-0.05, 0) is 20.8 Å². The van der Waals surface area contributed by atoms with Crippen LogP contribution in [-0.4, -0.2) is 48.4 Å². The van der Waals surface area contributed by atoms with Gasteiger partial charge in [0, 0.05) is 31.7 Å². The SMILES string of the molecule is CC(C)(C)NC(=O)C(=O)N1CCNCC1. The summed E-state index contributed by atoms with van der Waals surface area (Å²) in [5.41, 5.74) is -0.360. The van der Waals surface area contributed by atoms with Gasteiger partial charge in [0.2, 0.25) is 0 Å². The molecule has 1 rings (SSSR count). The van der Waals surface area contributed by atoms with Crippen molar-refractivity contribution in [1.82, 2.24) is 15.5 Å². The molecule has 1 saturated heterocycles. The third kappa shape index (κ3) is 3.87. The number of hydrogen-bond donors (Lipinski definition) is 2. The van der Waals surface area contributed by atoms with E-state index in [0.29, 0.717) is 13.1 Å². The fourth-order valence-electron chi connectivity index (χ4n) is 1.41. The van der Waals surface area contributed by atoms with Crippen LogP contribution in [0.1, 0.15) is 20.8 Å². The number of nitrogens with zero attached hydrogens (tertiary/aromatic N) is 1. The maximum Gasteiger partial charge on any atom is 0.311 e. The Kier molecular flexibility index (Phi) is 3.68. The van der Waals surface area contributed by atoms with Crippen molar-refractivity contribution in [3.05, 3.63) is 0 Å². The summed E-state index contributed by atoms with van der Waals surface area (Å²) in [7, 11) is 0. The molecule has 0 atom stereocenters. The lowest BCUT2D eigenvalue weighted by molar-refractivity contribution is -0.147. The fraction of sp³-hybridized carbons (Fsp3) is 0.800. The molecule has 0 aromatic rings. The van der Waals surface area contributed by atoms with E-state index >= 15 is 0 Å². The first kappa shape index (κ1) is 12.0. The summed E-state index contributed by atoms with van der Waals surface area (Å²) in [4.78, 5) is 24.8. The van der Waals surface area contributed by atoms with Crippen molar-refractivity contribution < 1.29 is 9.59 Å². The lowest BCUT2D eigenvalue weighted by atomic mass is 10.1. The van der Waals surface area contributed by atoms with Crippen LogP contribution in [0.3, 0.4) is 0 Å². The molecular weight excluding hydrogens is 194 g/mol. The summed E-state index contributed by atoms with van der Waals surface area (Å²) in [6, 6.07) is 0. The summed E-state index contributed by atoms with van der Waals surface area (Å²) in [6.07, 6.45) is 0. The van der Waals surface area contributed by atoms with E-state index in [1.807, 2.05) is 20.8 Å². The van der Waals surface area contributed by atoms with E-state index in [9.17, 15) is 9.59 Å². The van der Waals surface area contributed by atoms with Crippen LogP contribution in [0.15, 0.2) is 0 Å². The highest BCUT2D eigenvalue weighted by molar-refractivity contribution is 6.35. The molecule has 5 heteroatoms. The predicted octanol–water partition coefficient (Wildman–Crippen LogP) is -0.667. The monoisotopic (exact) mass is 213 g/mol. The molecule has 0 aromatic carbocycles. The normalized spacial score (nSPS) is 17.4. The molecule has 0 saturated carbocycles. The van der Waals surface area contributed by atoms with Gasteiger partial charge < -0.3 is 15.5 Å². The van der Waals surface area contributed by atoms with Gasteiger partial charge in [0.15, 0.2) is 0 Å². The topological polar surface area (TPSA) is 61.4 Å². The van der Waals surface area contributed by atoms with Gasteiger partial charge in [0.1, 0.15) is 0 Å². The highest BCUT2D eigenvalue weighted by atomic mass is 16.2. The molecule has 0 spiro atoms. The average molecular weight is 213 g/mol. The van der Waals surface area contributed by atoms with Crippen LogP contribution in [0.4, 0.5) is 0 Å². The molecule has 1 heterocycles. The zero-order chi connectivity index (χ0) is 11.5. The van der Waals surface area contributed by atoms with E-state index in [2.05, 4.69) is 10.6 Å². The van der Waals surface area contributed by atoms with Crippen LogP contribution < -0.4 is 10.6 Å². The molecule has 2 N–H and O–H groups in total. The summed E-state index contributed by atoms with van der Waals surface area (Å²) >= 11 is 0. The van der Waals surface area contributed by atoms with Crippen molar-refractivity contribution in [3.63, 3.8) is 0 Å². The van der Waals surface area contributed by atoms with Gasteiger partial charge in [-0.15, -0.1) is 0 Å². The van der Waals surface area contributed by atoms with Crippen molar-refractivity contribution in [1.29, 1.82) is 0 Å². The fourth-order valence-corrected chi connectivity index (χ4v) is 1.41. The van der Waals surface area contributed by atoms with Crippen molar-refractivity contribution in [2.45, 2.75) is 26.3 Å². The van der Waals surface area contributed by atoms with Gasteiger partial charge in [-0.3, -0.25) is 9.59 Å². The number of piperazine rings is 1. The quantitative estimate of drug-likeness (QED) is 0.525. The minimum absolute atomic E-state index is 0.360. The average Bonchev–Trinajstić information content (AvgIpc) is 2.15. The molecule has 15 heavy (non-hydrogen) atoms. The number of rotatable bonds is 0. The van der Waals surface area contributed by atoms with Crippen LogP contribution in [0.5, 0.6) is 0 Å². The number of nitrogens with one attached hydrogen (secondary N) is 2. The lowest BCUT2D eigenvalue weighted by Gasteiger charge is -2.28. The van der Waals surface area contributed by atoms with Crippen molar-refractivity contribution in [3.8, 4) is 0 Å². The van der Waals surface area contributed by atoms with Crippen molar-refractivity contribution in [2.75, 3.05) is 26.2 Å². The standard InChI is InChI=1S/C10H19N3O2/c1-10(2,3)12-8(14)9(15)13-6-4-11-5-7-13/h11H,4-7H2,1-3H3,(H,12,14). The smallest absolute Gasteiger partial charge is 0.311 e. The van der Waals surface area contributed by atoms with Crippen LogP contribution in [0.2, 0.25) is 0 Å². The van der Waals surface area contributed by atoms with Gasteiger partial charge in [-0.1, -0.05) is 0 Å². The molecule has 2 amide bonds. The predicted molar refractivity (Wildman–Crippen MR) is 57.3 cm³/mol. The van der Waals surface area contributed by atoms with E-state index in [0.717, 1.165) is 13.1 Å². The zero-order valence-corrected chi connectivity index (χ0v) is 9.59. The van der Waals surface area contributed by atoms with Gasteiger partial charge in [-0.2, -0.15) is 0 Å². The molecule has 1 aliphatic heterocycles. The van der Waals surface area contributed by atoms with E-state index in [4.69, 9.17) is 0 Å². The molecular formula is C10H19N3O2. The third-order valence-corrected chi connectivity index (χ3v) is 2.09. The summed E-state index contributed by atoms with van der Waals surface area (Å²) in [5.74, 6) is -0.934. The minimum Gasteiger partial charge on any atom is -0.343 e. The number of amides is 2. The maximum absolute atomic E-state index is 11.7. The highest BCUT2D eigenvalue weighted by Crippen LogP contribution is 2.00. The van der Waals surface area contributed by atoms with E-state index in [1.54, 1.807) is 4.90 Å². The molecule has 86 valence electrons. The zero-order valence-electron chi connectivity index (χ0n) is 9.59. The van der Waals surface area contributed by atoms with Crippen LogP contribution in [0.25, 0.3) is 0 Å². The van der Waals surface area contributed by atoms with Gasteiger partial charge in [0.25, 0.3) is 0 Å². The lowest BCUT2D eigenvalue weighted by Crippen LogP contribution is -2.54. The summed E-state index contributed by atoms with van der Waals surface area (Å²) in [6.45, 7) is 8.30. The second-order valence-corrected chi connectivity index (χ2v) is 4.75. The Hall–Kier alpha value is -1.10. The minimum atomic E-state index is -0.510. The Morgan fingerprint density at radius 3 is 2.20 bits per heavy atom. The van der Waals surface area contributed by atoms with Gasteiger partial charge in [-0.25, -0.2) is 0 Å². The van der Waals surface area contributed by atoms with Gasteiger partial charge >= 0.3 is 11.8 Å². The molecule has 1 aliphatic rings. The summed E-state index contributed by atoms with van der Waals surface area (Å²) < 4.78 is 0. The molecule has 0 bridgehead atoms.